The van der Waals surface area contributed by atoms with E-state index in [1.165, 1.54) is 5.56 Å². The fourth-order valence-corrected chi connectivity index (χ4v) is 8.13. The fraction of sp³-hybridized carbons (Fsp3) is 0.455. The molecule has 0 aromatic heterocycles. The number of rotatable bonds is 1. The van der Waals surface area contributed by atoms with Gasteiger partial charge in [0, 0.05) is 33.5 Å². The van der Waals surface area contributed by atoms with Gasteiger partial charge < -0.3 is 0 Å². The van der Waals surface area contributed by atoms with Gasteiger partial charge in [-0.1, -0.05) is 68.5 Å². The Morgan fingerprint density at radius 3 is 2.54 bits per heavy atom. The molecule has 120 valence electrons. The van der Waals surface area contributed by atoms with Crippen molar-refractivity contribution in [2.45, 2.75) is 25.7 Å². The lowest BCUT2D eigenvalue weighted by atomic mass is 9.11. The van der Waals surface area contributed by atoms with Gasteiger partial charge in [0.25, 0.3) is 0 Å². The summed E-state index contributed by atoms with van der Waals surface area (Å²) in [4.78, 5) is 26.9. The number of hydrogen-bond donors (Lipinski definition) is 0. The first kappa shape index (κ1) is 13.3. The minimum Gasteiger partial charge on any atom is -0.299 e. The summed E-state index contributed by atoms with van der Waals surface area (Å²) in [6.45, 7) is 4.13. The predicted octanol–water partition coefficient (Wildman–Crippen LogP) is 3.48. The van der Waals surface area contributed by atoms with E-state index in [0.717, 1.165) is 6.42 Å². The molecule has 8 aliphatic rings. The van der Waals surface area contributed by atoms with E-state index in [-0.39, 0.29) is 28.6 Å². The first-order chi connectivity index (χ1) is 11.5. The van der Waals surface area contributed by atoms with Gasteiger partial charge in [0.2, 0.25) is 0 Å². The summed E-state index contributed by atoms with van der Waals surface area (Å²) in [6, 6.07) is 10.5. The van der Waals surface area contributed by atoms with Crippen LogP contribution in [0.25, 0.3) is 0 Å². The molecule has 7 atom stereocenters. The Bertz CT molecular complexity index is 896. The second-order valence-electron chi connectivity index (χ2n) is 8.91. The Morgan fingerprint density at radius 1 is 1.04 bits per heavy atom. The summed E-state index contributed by atoms with van der Waals surface area (Å²) < 4.78 is 0. The zero-order valence-electron chi connectivity index (χ0n) is 14.0. The summed E-state index contributed by atoms with van der Waals surface area (Å²) in [5, 5.41) is 0. The molecule has 1 aromatic rings. The van der Waals surface area contributed by atoms with Gasteiger partial charge in [-0.15, -0.1) is 0 Å². The van der Waals surface area contributed by atoms with Crippen molar-refractivity contribution in [1.29, 1.82) is 0 Å². The largest absolute Gasteiger partial charge is 0.299 e. The van der Waals surface area contributed by atoms with Crippen LogP contribution in [-0.4, -0.2) is 11.6 Å². The maximum Gasteiger partial charge on any atom is 0.147 e. The van der Waals surface area contributed by atoms with Crippen molar-refractivity contribution in [3.63, 3.8) is 0 Å². The van der Waals surface area contributed by atoms with Gasteiger partial charge in [-0.3, -0.25) is 9.59 Å². The van der Waals surface area contributed by atoms with Crippen LogP contribution in [0.1, 0.15) is 25.8 Å². The molecule has 0 radical (unpaired) electrons. The smallest absolute Gasteiger partial charge is 0.147 e. The van der Waals surface area contributed by atoms with Crippen molar-refractivity contribution < 1.29 is 9.59 Å². The number of ketones is 2. The van der Waals surface area contributed by atoms with Crippen LogP contribution in [0.2, 0.25) is 0 Å². The summed E-state index contributed by atoms with van der Waals surface area (Å²) in [7, 11) is 0. The zero-order valence-corrected chi connectivity index (χ0v) is 14.0. The average Bonchev–Trinajstić information content (AvgIpc) is 2.56. The van der Waals surface area contributed by atoms with Gasteiger partial charge >= 0.3 is 0 Å². The van der Waals surface area contributed by atoms with E-state index in [4.69, 9.17) is 0 Å². The maximum absolute atomic E-state index is 13.5. The number of allylic oxidation sites excluding steroid dienone is 4. The van der Waals surface area contributed by atoms with Gasteiger partial charge in [-0.2, -0.15) is 0 Å². The SMILES string of the molecule is CC12CC3(c4ccccc4)C1C(=O)C1C4C=CC=CC43C1(C)C2=O. The monoisotopic (exact) mass is 316 g/mol. The Labute approximate surface area is 141 Å². The molecule has 2 heteroatoms. The fourth-order valence-electron chi connectivity index (χ4n) is 8.13. The van der Waals surface area contributed by atoms with Crippen LogP contribution >= 0.6 is 0 Å². The molecule has 9 rings (SSSR count). The van der Waals surface area contributed by atoms with Crippen molar-refractivity contribution in [1.82, 2.24) is 0 Å². The molecular weight excluding hydrogens is 296 g/mol. The number of benzene rings is 1. The van der Waals surface area contributed by atoms with Gasteiger partial charge in [-0.25, -0.2) is 0 Å². The summed E-state index contributed by atoms with van der Waals surface area (Å²) in [5.74, 6) is 0.630. The van der Waals surface area contributed by atoms with Crippen molar-refractivity contribution >= 4 is 11.6 Å². The summed E-state index contributed by atoms with van der Waals surface area (Å²) in [6.07, 6.45) is 9.47. The van der Waals surface area contributed by atoms with Crippen LogP contribution < -0.4 is 0 Å². The first-order valence-corrected chi connectivity index (χ1v) is 8.96. The Morgan fingerprint density at radius 2 is 1.79 bits per heavy atom. The molecular formula is C22H20O2. The molecule has 7 unspecified atom stereocenters. The highest BCUT2D eigenvalue weighted by Crippen LogP contribution is 2.91. The predicted molar refractivity (Wildman–Crippen MR) is 90.1 cm³/mol. The van der Waals surface area contributed by atoms with Gasteiger partial charge in [0.1, 0.15) is 11.6 Å². The van der Waals surface area contributed by atoms with Crippen LogP contribution in [0.15, 0.2) is 54.6 Å². The molecule has 24 heavy (non-hydrogen) atoms. The van der Waals surface area contributed by atoms with E-state index < -0.39 is 10.8 Å². The Kier molecular flexibility index (Phi) is 1.88. The number of hydrogen-bond acceptors (Lipinski definition) is 2. The lowest BCUT2D eigenvalue weighted by Gasteiger charge is -2.89. The minimum atomic E-state index is -0.534. The van der Waals surface area contributed by atoms with Gasteiger partial charge in [0.15, 0.2) is 0 Å². The van der Waals surface area contributed by atoms with Crippen molar-refractivity contribution in [2.75, 3.05) is 0 Å². The standard InChI is InChI=1S/C22H20O2/c1-19-12-21(13-8-4-3-5-9-13)17(19)16(23)15-14-10-6-7-11-22(14,21)20(15,2)18(19)24/h3-11,14-15,17H,12H2,1-2H3. The normalized spacial score (nSPS) is 55.0. The third-order valence-corrected chi connectivity index (χ3v) is 8.54. The third kappa shape index (κ3) is 0.858. The molecule has 0 aliphatic heterocycles. The van der Waals surface area contributed by atoms with E-state index in [1.54, 1.807) is 0 Å². The third-order valence-electron chi connectivity index (χ3n) is 8.54. The van der Waals surface area contributed by atoms with E-state index in [0.29, 0.717) is 11.6 Å². The molecule has 0 N–H and O–H groups in total. The molecule has 0 saturated heterocycles. The number of carbonyl (C=O) groups is 2. The highest BCUT2D eigenvalue weighted by molar-refractivity contribution is 6.13. The van der Waals surface area contributed by atoms with Crippen LogP contribution in [0.3, 0.4) is 0 Å². The number of carbonyl (C=O) groups excluding carboxylic acids is 2. The highest BCUT2D eigenvalue weighted by atomic mass is 16.2. The quantitative estimate of drug-likeness (QED) is 0.795. The first-order valence-electron chi connectivity index (χ1n) is 8.96. The van der Waals surface area contributed by atoms with Crippen LogP contribution in [0.4, 0.5) is 0 Å². The van der Waals surface area contributed by atoms with E-state index >= 15 is 0 Å². The molecule has 8 aliphatic carbocycles. The highest BCUT2D eigenvalue weighted by Gasteiger charge is 2.96. The van der Waals surface area contributed by atoms with E-state index in [9.17, 15) is 9.59 Å². The molecule has 2 nitrogen and oxygen atoms in total. The molecule has 1 spiro atoms. The van der Waals surface area contributed by atoms with E-state index in [1.807, 2.05) is 13.0 Å². The molecule has 0 heterocycles. The zero-order chi connectivity index (χ0) is 16.5. The van der Waals surface area contributed by atoms with Crippen LogP contribution in [-0.2, 0) is 15.0 Å². The maximum atomic E-state index is 13.5. The molecule has 6 bridgehead atoms. The van der Waals surface area contributed by atoms with Gasteiger partial charge in [-0.05, 0) is 17.9 Å². The topological polar surface area (TPSA) is 34.1 Å². The Balaban J connectivity index is 1.74. The lowest BCUT2D eigenvalue weighted by molar-refractivity contribution is -0.314. The molecule has 1 aromatic carbocycles. The summed E-state index contributed by atoms with van der Waals surface area (Å²) in [5.41, 5.74) is -0.156. The van der Waals surface area contributed by atoms with E-state index in [2.05, 4.69) is 55.5 Å². The average molecular weight is 316 g/mol. The minimum absolute atomic E-state index is 0.110. The van der Waals surface area contributed by atoms with Crippen molar-refractivity contribution in [3.8, 4) is 0 Å². The number of Topliss-reactive ketones (excluding diaryl/α,β-unsaturated/α-hetero) is 2. The molecule has 7 saturated carbocycles. The van der Waals surface area contributed by atoms with Crippen molar-refractivity contribution in [2.24, 2.45) is 34.0 Å². The van der Waals surface area contributed by atoms with Crippen LogP contribution in [0, 0.1) is 34.0 Å². The second-order valence-corrected chi connectivity index (χ2v) is 8.91. The van der Waals surface area contributed by atoms with Crippen LogP contribution in [0.5, 0.6) is 0 Å². The second kappa shape index (κ2) is 3.37. The lowest BCUT2D eigenvalue weighted by Crippen LogP contribution is -2.94. The van der Waals surface area contributed by atoms with Gasteiger partial charge in [0.05, 0.1) is 0 Å². The molecule has 7 fully saturated rings. The molecule has 0 amide bonds. The van der Waals surface area contributed by atoms with Crippen molar-refractivity contribution in [3.05, 3.63) is 60.2 Å². The Hall–Kier alpha value is -1.96. The summed E-state index contributed by atoms with van der Waals surface area (Å²) >= 11 is 0.